The zero-order chi connectivity index (χ0) is 12.5. The molecule has 0 spiro atoms. The van der Waals surface area contributed by atoms with Crippen LogP contribution >= 0.6 is 0 Å². The van der Waals surface area contributed by atoms with Crippen LogP contribution in [0.1, 0.15) is 48.0 Å². The van der Waals surface area contributed by atoms with Gasteiger partial charge in [-0.2, -0.15) is 0 Å². The summed E-state index contributed by atoms with van der Waals surface area (Å²) in [6, 6.07) is 0. The van der Waals surface area contributed by atoms with Crippen LogP contribution in [0.3, 0.4) is 0 Å². The summed E-state index contributed by atoms with van der Waals surface area (Å²) in [5.74, 6) is 10.3. The second-order valence-corrected chi connectivity index (χ2v) is 8.01. The summed E-state index contributed by atoms with van der Waals surface area (Å²) in [6.45, 7) is 15.0. The van der Waals surface area contributed by atoms with Crippen molar-refractivity contribution in [3.8, 4) is 0 Å². The van der Waals surface area contributed by atoms with E-state index < -0.39 is 0 Å². The molecule has 17 heavy (non-hydrogen) atoms. The molecule has 3 aliphatic carbocycles. The highest BCUT2D eigenvalue weighted by Gasteiger charge is 2.63. The number of rotatable bonds is 1. The molecule has 0 aromatic rings. The lowest BCUT2D eigenvalue weighted by atomic mass is 9.36. The van der Waals surface area contributed by atoms with Crippen LogP contribution in [0.2, 0.25) is 0 Å². The Bertz CT molecular complexity index is 305. The lowest BCUT2D eigenvalue weighted by Gasteiger charge is -2.69. The van der Waals surface area contributed by atoms with E-state index in [1.165, 1.54) is 6.42 Å². The predicted molar refractivity (Wildman–Crippen MR) is 73.6 cm³/mol. The van der Waals surface area contributed by atoms with E-state index in [0.29, 0.717) is 0 Å². The summed E-state index contributed by atoms with van der Waals surface area (Å²) >= 11 is 0. The van der Waals surface area contributed by atoms with Gasteiger partial charge in [-0.1, -0.05) is 41.5 Å². The molecule has 0 aromatic heterocycles. The van der Waals surface area contributed by atoms with Crippen molar-refractivity contribution < 1.29 is 0 Å². The van der Waals surface area contributed by atoms with E-state index in [1.54, 1.807) is 0 Å². The Morgan fingerprint density at radius 1 is 0.765 bits per heavy atom. The molecule has 0 radical (unpaired) electrons. The largest absolute Gasteiger partial charge is 0.0625 e. The summed E-state index contributed by atoms with van der Waals surface area (Å²) in [6.07, 6.45) is 1.54. The molecule has 9 atom stereocenters. The minimum Gasteiger partial charge on any atom is -0.0625 e. The molecule has 0 nitrogen and oxygen atoms in total. The second-order valence-electron chi connectivity index (χ2n) is 8.01. The summed E-state index contributed by atoms with van der Waals surface area (Å²) in [7, 11) is 0. The molecule has 3 aliphatic rings. The zero-order valence-electron chi connectivity index (χ0n) is 12.5. The molecule has 3 fully saturated rings. The van der Waals surface area contributed by atoms with E-state index in [4.69, 9.17) is 0 Å². The Morgan fingerprint density at radius 2 is 1.35 bits per heavy atom. The normalized spacial score (nSPS) is 61.2. The quantitative estimate of drug-likeness (QED) is 0.617. The van der Waals surface area contributed by atoms with Crippen molar-refractivity contribution in [1.29, 1.82) is 0 Å². The third kappa shape index (κ3) is 1.36. The lowest BCUT2D eigenvalue weighted by Crippen LogP contribution is -2.64. The van der Waals surface area contributed by atoms with Gasteiger partial charge < -0.3 is 0 Å². The molecule has 3 rings (SSSR count). The van der Waals surface area contributed by atoms with Crippen LogP contribution in [0.4, 0.5) is 0 Å². The van der Waals surface area contributed by atoms with Crippen LogP contribution in [-0.2, 0) is 0 Å². The maximum absolute atomic E-state index is 2.55. The van der Waals surface area contributed by atoms with Gasteiger partial charge >= 0.3 is 0 Å². The maximum atomic E-state index is 2.55. The van der Waals surface area contributed by atoms with E-state index in [0.717, 1.165) is 59.2 Å². The molecule has 98 valence electrons. The van der Waals surface area contributed by atoms with Crippen LogP contribution in [0.15, 0.2) is 0 Å². The van der Waals surface area contributed by atoms with Crippen molar-refractivity contribution in [3.05, 3.63) is 0 Å². The zero-order valence-corrected chi connectivity index (χ0v) is 12.5. The fourth-order valence-corrected chi connectivity index (χ4v) is 6.55. The standard InChI is InChI=1S/C17H30/c1-8(2)14-12(6)16-13(14)7-9(3)15-10(4)11(5)17(15)16/h8-17H,7H2,1-6H3. The number of hydrogen-bond donors (Lipinski definition) is 0. The van der Waals surface area contributed by atoms with Crippen molar-refractivity contribution in [2.24, 2.45) is 59.2 Å². The van der Waals surface area contributed by atoms with Gasteiger partial charge in [-0.05, 0) is 65.6 Å². The van der Waals surface area contributed by atoms with E-state index in [2.05, 4.69) is 41.5 Å². The summed E-state index contributed by atoms with van der Waals surface area (Å²) in [5, 5.41) is 0. The summed E-state index contributed by atoms with van der Waals surface area (Å²) < 4.78 is 0. The fourth-order valence-electron chi connectivity index (χ4n) is 6.55. The highest BCUT2D eigenvalue weighted by Crippen LogP contribution is 2.68. The van der Waals surface area contributed by atoms with Crippen LogP contribution < -0.4 is 0 Å². The van der Waals surface area contributed by atoms with Gasteiger partial charge in [0.1, 0.15) is 0 Å². The summed E-state index contributed by atoms with van der Waals surface area (Å²) in [5.41, 5.74) is 0. The molecule has 0 bridgehead atoms. The van der Waals surface area contributed by atoms with Gasteiger partial charge in [-0.15, -0.1) is 0 Å². The first-order valence-corrected chi connectivity index (χ1v) is 7.95. The predicted octanol–water partition coefficient (Wildman–Crippen LogP) is 4.70. The monoisotopic (exact) mass is 234 g/mol. The SMILES string of the molecule is CC(C)C1C(C)C2C1CC(C)C1C(C)C(C)C12. The van der Waals surface area contributed by atoms with Crippen molar-refractivity contribution >= 4 is 0 Å². The Kier molecular flexibility index (Phi) is 2.66. The highest BCUT2D eigenvalue weighted by atomic mass is 14.7. The van der Waals surface area contributed by atoms with Gasteiger partial charge in [0, 0.05) is 0 Å². The molecule has 0 heterocycles. The first kappa shape index (κ1) is 12.1. The van der Waals surface area contributed by atoms with Crippen LogP contribution in [-0.4, -0.2) is 0 Å². The number of fused-ring (bicyclic) bond motifs is 3. The van der Waals surface area contributed by atoms with Crippen molar-refractivity contribution in [2.45, 2.75) is 48.0 Å². The molecule has 3 saturated carbocycles. The first-order chi connectivity index (χ1) is 7.95. The van der Waals surface area contributed by atoms with E-state index in [9.17, 15) is 0 Å². The van der Waals surface area contributed by atoms with Crippen molar-refractivity contribution in [1.82, 2.24) is 0 Å². The maximum Gasteiger partial charge on any atom is -0.0318 e. The Morgan fingerprint density at radius 3 is 1.94 bits per heavy atom. The Labute approximate surface area is 108 Å². The second kappa shape index (κ2) is 3.75. The fraction of sp³-hybridized carbons (Fsp3) is 1.00. The molecule has 0 heteroatoms. The van der Waals surface area contributed by atoms with Gasteiger partial charge in [0.2, 0.25) is 0 Å². The van der Waals surface area contributed by atoms with Gasteiger partial charge in [-0.25, -0.2) is 0 Å². The Hall–Kier alpha value is 0. The van der Waals surface area contributed by atoms with Crippen LogP contribution in [0.25, 0.3) is 0 Å². The summed E-state index contributed by atoms with van der Waals surface area (Å²) in [4.78, 5) is 0. The molecule has 0 saturated heterocycles. The van der Waals surface area contributed by atoms with E-state index in [1.807, 2.05) is 0 Å². The topological polar surface area (TPSA) is 0 Å². The molecule has 0 aromatic carbocycles. The van der Waals surface area contributed by atoms with Gasteiger partial charge in [0.15, 0.2) is 0 Å². The van der Waals surface area contributed by atoms with E-state index >= 15 is 0 Å². The third-order valence-electron chi connectivity index (χ3n) is 7.21. The molecule has 0 N–H and O–H groups in total. The molecular formula is C17H30. The smallest absolute Gasteiger partial charge is 0.0318 e. The van der Waals surface area contributed by atoms with Crippen LogP contribution in [0.5, 0.6) is 0 Å². The molecule has 0 aliphatic heterocycles. The van der Waals surface area contributed by atoms with Gasteiger partial charge in [0.05, 0.1) is 0 Å². The minimum absolute atomic E-state index is 0.905. The number of hydrogen-bond acceptors (Lipinski definition) is 0. The van der Waals surface area contributed by atoms with E-state index in [-0.39, 0.29) is 0 Å². The highest BCUT2D eigenvalue weighted by molar-refractivity contribution is 5.11. The van der Waals surface area contributed by atoms with Gasteiger partial charge in [-0.3, -0.25) is 0 Å². The average Bonchev–Trinajstić information content (AvgIpc) is 2.26. The molecular weight excluding hydrogens is 204 g/mol. The van der Waals surface area contributed by atoms with Crippen LogP contribution in [0, 0.1) is 59.2 Å². The minimum atomic E-state index is 0.905. The first-order valence-electron chi connectivity index (χ1n) is 7.95. The van der Waals surface area contributed by atoms with Crippen molar-refractivity contribution in [2.75, 3.05) is 0 Å². The average molecular weight is 234 g/mol. The molecule has 0 amide bonds. The Balaban J connectivity index is 1.82. The molecule has 9 unspecified atom stereocenters. The lowest BCUT2D eigenvalue weighted by molar-refractivity contribution is -0.216. The van der Waals surface area contributed by atoms with Gasteiger partial charge in [0.25, 0.3) is 0 Å². The van der Waals surface area contributed by atoms with Crippen molar-refractivity contribution in [3.63, 3.8) is 0 Å². The third-order valence-corrected chi connectivity index (χ3v) is 7.21.